The van der Waals surface area contributed by atoms with E-state index in [0.717, 1.165) is 20.4 Å². The van der Waals surface area contributed by atoms with E-state index < -0.39 is 0 Å². The Balaban J connectivity index is 1.28. The minimum atomic E-state index is -0.271. The van der Waals surface area contributed by atoms with Gasteiger partial charge in [-0.15, -0.1) is 0 Å². The summed E-state index contributed by atoms with van der Waals surface area (Å²) in [4.78, 5) is 33.8. The third-order valence-electron chi connectivity index (χ3n) is 4.44. The summed E-state index contributed by atoms with van der Waals surface area (Å²) in [7, 11) is 0. The summed E-state index contributed by atoms with van der Waals surface area (Å²) < 4.78 is 2.02. The molecule has 0 radical (unpaired) electrons. The van der Waals surface area contributed by atoms with Crippen LogP contribution in [0.5, 0.6) is 0 Å². The average molecular weight is 431 g/mol. The molecule has 2 heterocycles. The zero-order valence-electron chi connectivity index (χ0n) is 15.5. The molecule has 0 spiro atoms. The topological polar surface area (TPSA) is 84.0 Å². The van der Waals surface area contributed by atoms with Crippen molar-refractivity contribution in [2.75, 3.05) is 10.6 Å². The molecule has 146 valence electrons. The summed E-state index contributed by atoms with van der Waals surface area (Å²) in [5.41, 5.74) is 2.59. The van der Waals surface area contributed by atoms with E-state index in [1.165, 1.54) is 22.7 Å². The van der Waals surface area contributed by atoms with E-state index in [2.05, 4.69) is 20.6 Å². The van der Waals surface area contributed by atoms with Gasteiger partial charge in [-0.25, -0.2) is 9.97 Å². The number of carbonyl (C=O) groups is 2. The number of amides is 2. The maximum Gasteiger partial charge on any atom is 0.257 e. The largest absolute Gasteiger partial charge is 0.298 e. The van der Waals surface area contributed by atoms with Crippen LogP contribution in [0.3, 0.4) is 0 Å². The molecule has 0 aliphatic carbocycles. The van der Waals surface area contributed by atoms with Gasteiger partial charge < -0.3 is 0 Å². The van der Waals surface area contributed by atoms with Crippen LogP contribution in [-0.4, -0.2) is 21.8 Å². The second-order valence-electron chi connectivity index (χ2n) is 6.46. The lowest BCUT2D eigenvalue weighted by Gasteiger charge is -2.04. The number of para-hydroxylation sites is 2. The van der Waals surface area contributed by atoms with Crippen LogP contribution in [0, 0.1) is 0 Å². The standard InChI is InChI=1S/C22H14N4O2S2/c27-19(25-21-23-15-5-1-3-7-17(15)29-21)13-9-11-14(12-10-13)20(28)26-22-24-16-6-2-4-8-18(16)30-22/h1-12H,(H,23,25,27)(H,24,26,28). The van der Waals surface area contributed by atoms with Crippen LogP contribution in [0.2, 0.25) is 0 Å². The van der Waals surface area contributed by atoms with Crippen LogP contribution >= 0.6 is 22.7 Å². The van der Waals surface area contributed by atoms with Gasteiger partial charge in [0.15, 0.2) is 10.3 Å². The zero-order chi connectivity index (χ0) is 20.5. The predicted molar refractivity (Wildman–Crippen MR) is 122 cm³/mol. The normalized spacial score (nSPS) is 10.9. The number of carbonyl (C=O) groups excluding carboxylic acids is 2. The molecule has 30 heavy (non-hydrogen) atoms. The first kappa shape index (κ1) is 18.4. The Hall–Kier alpha value is -3.62. The number of thiazole rings is 2. The fourth-order valence-electron chi connectivity index (χ4n) is 2.96. The Morgan fingerprint density at radius 1 is 0.600 bits per heavy atom. The van der Waals surface area contributed by atoms with E-state index in [9.17, 15) is 9.59 Å². The number of aromatic nitrogens is 2. The third-order valence-corrected chi connectivity index (χ3v) is 6.34. The summed E-state index contributed by atoms with van der Waals surface area (Å²) in [5.74, 6) is -0.542. The van der Waals surface area contributed by atoms with Gasteiger partial charge in [0, 0.05) is 11.1 Å². The Morgan fingerprint density at radius 2 is 1.00 bits per heavy atom. The first-order chi connectivity index (χ1) is 14.7. The van der Waals surface area contributed by atoms with Gasteiger partial charge in [0.2, 0.25) is 0 Å². The molecule has 2 amide bonds. The Kier molecular flexibility index (Phi) is 4.70. The Bertz CT molecular complexity index is 1220. The van der Waals surface area contributed by atoms with Gasteiger partial charge in [-0.2, -0.15) is 0 Å². The second kappa shape index (κ2) is 7.66. The Morgan fingerprint density at radius 3 is 1.40 bits per heavy atom. The number of hydrogen-bond donors (Lipinski definition) is 2. The van der Waals surface area contributed by atoms with Gasteiger partial charge in [-0.3, -0.25) is 20.2 Å². The van der Waals surface area contributed by atoms with Crippen molar-refractivity contribution in [3.63, 3.8) is 0 Å². The maximum atomic E-state index is 12.5. The monoisotopic (exact) mass is 430 g/mol. The van der Waals surface area contributed by atoms with Crippen molar-refractivity contribution >= 4 is 65.2 Å². The molecule has 6 nitrogen and oxygen atoms in total. The number of rotatable bonds is 4. The lowest BCUT2D eigenvalue weighted by molar-refractivity contribution is 0.101. The SMILES string of the molecule is O=C(Nc1nc2ccccc2s1)c1ccc(C(=O)Nc2nc3ccccc3s2)cc1. The molecule has 0 bridgehead atoms. The highest BCUT2D eigenvalue weighted by Gasteiger charge is 2.13. The maximum absolute atomic E-state index is 12.5. The molecule has 0 atom stereocenters. The molecular formula is C22H14N4O2S2. The molecule has 3 aromatic carbocycles. The molecule has 5 aromatic rings. The van der Waals surface area contributed by atoms with Gasteiger partial charge >= 0.3 is 0 Å². The van der Waals surface area contributed by atoms with Crippen molar-refractivity contribution in [1.29, 1.82) is 0 Å². The summed E-state index contributed by atoms with van der Waals surface area (Å²) >= 11 is 2.84. The number of nitrogens with one attached hydrogen (secondary N) is 2. The lowest BCUT2D eigenvalue weighted by atomic mass is 10.1. The number of benzene rings is 3. The van der Waals surface area contributed by atoms with E-state index in [4.69, 9.17) is 0 Å². The number of nitrogens with zero attached hydrogens (tertiary/aromatic N) is 2. The molecule has 0 fully saturated rings. The first-order valence-corrected chi connectivity index (χ1v) is 10.7. The summed E-state index contributed by atoms with van der Waals surface area (Å²) in [6.45, 7) is 0. The van der Waals surface area contributed by atoms with Crippen LogP contribution in [-0.2, 0) is 0 Å². The molecule has 0 aliphatic rings. The highest BCUT2D eigenvalue weighted by Crippen LogP contribution is 2.27. The van der Waals surface area contributed by atoms with Crippen LogP contribution in [0.4, 0.5) is 10.3 Å². The van der Waals surface area contributed by atoms with Gasteiger partial charge in [0.1, 0.15) is 0 Å². The molecule has 2 aromatic heterocycles. The van der Waals surface area contributed by atoms with Gasteiger partial charge in [-0.1, -0.05) is 46.9 Å². The molecule has 5 rings (SSSR count). The minimum Gasteiger partial charge on any atom is -0.298 e. The summed E-state index contributed by atoms with van der Waals surface area (Å²) in [6, 6.07) is 21.9. The van der Waals surface area contributed by atoms with E-state index in [1.807, 2.05) is 48.5 Å². The summed E-state index contributed by atoms with van der Waals surface area (Å²) in [5, 5.41) is 6.70. The molecule has 0 aliphatic heterocycles. The van der Waals surface area contributed by atoms with Crippen LogP contribution in [0.1, 0.15) is 20.7 Å². The highest BCUT2D eigenvalue weighted by molar-refractivity contribution is 7.22. The average Bonchev–Trinajstić information content (AvgIpc) is 3.36. The molecule has 2 N–H and O–H groups in total. The van der Waals surface area contributed by atoms with Crippen LogP contribution in [0.25, 0.3) is 20.4 Å². The lowest BCUT2D eigenvalue weighted by Crippen LogP contribution is -2.14. The van der Waals surface area contributed by atoms with Gasteiger partial charge in [0.25, 0.3) is 11.8 Å². The van der Waals surface area contributed by atoms with E-state index in [0.29, 0.717) is 21.4 Å². The fraction of sp³-hybridized carbons (Fsp3) is 0. The minimum absolute atomic E-state index is 0.271. The quantitative estimate of drug-likeness (QED) is 0.399. The fourth-order valence-corrected chi connectivity index (χ4v) is 4.68. The van der Waals surface area contributed by atoms with Crippen LogP contribution in [0.15, 0.2) is 72.8 Å². The zero-order valence-corrected chi connectivity index (χ0v) is 17.1. The van der Waals surface area contributed by atoms with Crippen LogP contribution < -0.4 is 10.6 Å². The molecular weight excluding hydrogens is 416 g/mol. The molecule has 0 saturated heterocycles. The highest BCUT2D eigenvalue weighted by atomic mass is 32.1. The predicted octanol–water partition coefficient (Wildman–Crippen LogP) is 5.41. The smallest absolute Gasteiger partial charge is 0.257 e. The first-order valence-electron chi connectivity index (χ1n) is 9.10. The van der Waals surface area contributed by atoms with Crippen molar-refractivity contribution in [2.45, 2.75) is 0 Å². The second-order valence-corrected chi connectivity index (χ2v) is 8.52. The van der Waals surface area contributed by atoms with Gasteiger partial charge in [-0.05, 0) is 48.5 Å². The van der Waals surface area contributed by atoms with Crippen molar-refractivity contribution in [3.05, 3.63) is 83.9 Å². The number of fused-ring (bicyclic) bond motifs is 2. The molecule has 8 heteroatoms. The van der Waals surface area contributed by atoms with Gasteiger partial charge in [0.05, 0.1) is 20.4 Å². The van der Waals surface area contributed by atoms with Crippen molar-refractivity contribution in [3.8, 4) is 0 Å². The summed E-state index contributed by atoms with van der Waals surface area (Å²) in [6.07, 6.45) is 0. The van der Waals surface area contributed by atoms with E-state index in [-0.39, 0.29) is 11.8 Å². The van der Waals surface area contributed by atoms with E-state index >= 15 is 0 Å². The molecule has 0 saturated carbocycles. The number of anilines is 2. The van der Waals surface area contributed by atoms with Crippen molar-refractivity contribution < 1.29 is 9.59 Å². The van der Waals surface area contributed by atoms with E-state index in [1.54, 1.807) is 24.3 Å². The number of hydrogen-bond acceptors (Lipinski definition) is 6. The van der Waals surface area contributed by atoms with Crippen molar-refractivity contribution in [2.24, 2.45) is 0 Å². The third kappa shape index (κ3) is 3.66. The molecule has 0 unspecified atom stereocenters. The Labute approximate surface area is 179 Å². The van der Waals surface area contributed by atoms with Crippen molar-refractivity contribution in [1.82, 2.24) is 9.97 Å².